The molecule has 0 spiro atoms. The first-order valence-electron chi connectivity index (χ1n) is 6.11. The van der Waals surface area contributed by atoms with E-state index in [9.17, 15) is 9.59 Å². The SMILES string of the molecule is CCc1cccc(C)c1NC(=O)C(=O)c1cccs1. The minimum absolute atomic E-state index is 0.462. The Morgan fingerprint density at radius 1 is 1.21 bits per heavy atom. The summed E-state index contributed by atoms with van der Waals surface area (Å²) in [5.41, 5.74) is 2.75. The highest BCUT2D eigenvalue weighted by atomic mass is 32.1. The number of anilines is 1. The molecule has 0 saturated carbocycles. The van der Waals surface area contributed by atoms with Crippen molar-refractivity contribution in [1.29, 1.82) is 0 Å². The number of para-hydroxylation sites is 1. The van der Waals surface area contributed by atoms with Gasteiger partial charge in [-0.25, -0.2) is 0 Å². The number of ketones is 1. The van der Waals surface area contributed by atoms with Gasteiger partial charge in [0, 0.05) is 5.69 Å². The fourth-order valence-electron chi connectivity index (χ4n) is 1.89. The van der Waals surface area contributed by atoms with Crippen molar-refractivity contribution in [3.8, 4) is 0 Å². The minimum Gasteiger partial charge on any atom is -0.319 e. The Balaban J connectivity index is 2.22. The predicted octanol–water partition coefficient (Wildman–Crippen LogP) is 3.44. The third-order valence-corrected chi connectivity index (χ3v) is 3.80. The Morgan fingerprint density at radius 3 is 2.63 bits per heavy atom. The number of benzene rings is 1. The van der Waals surface area contributed by atoms with Crippen LogP contribution in [0, 0.1) is 6.92 Å². The number of Topliss-reactive ketones (excluding diaryl/α,β-unsaturated/α-hetero) is 1. The van der Waals surface area contributed by atoms with Crippen LogP contribution >= 0.6 is 11.3 Å². The molecule has 0 aliphatic carbocycles. The van der Waals surface area contributed by atoms with E-state index in [2.05, 4.69) is 5.32 Å². The molecule has 0 aliphatic heterocycles. The van der Waals surface area contributed by atoms with Gasteiger partial charge in [-0.15, -0.1) is 11.3 Å². The fourth-order valence-corrected chi connectivity index (χ4v) is 2.55. The molecule has 0 fully saturated rings. The van der Waals surface area contributed by atoms with Crippen molar-refractivity contribution in [2.75, 3.05) is 5.32 Å². The Labute approximate surface area is 116 Å². The van der Waals surface area contributed by atoms with Gasteiger partial charge in [0.05, 0.1) is 4.88 Å². The second kappa shape index (κ2) is 5.80. The van der Waals surface area contributed by atoms with E-state index in [1.54, 1.807) is 17.5 Å². The van der Waals surface area contributed by atoms with Crippen LogP contribution in [0.4, 0.5) is 5.69 Å². The average molecular weight is 273 g/mol. The molecule has 4 heteroatoms. The number of aryl methyl sites for hydroxylation is 2. The summed E-state index contributed by atoms with van der Waals surface area (Å²) in [6.45, 7) is 3.94. The van der Waals surface area contributed by atoms with Crippen molar-refractivity contribution in [2.45, 2.75) is 20.3 Å². The van der Waals surface area contributed by atoms with E-state index in [-0.39, 0.29) is 0 Å². The summed E-state index contributed by atoms with van der Waals surface area (Å²) in [4.78, 5) is 24.4. The van der Waals surface area contributed by atoms with Gasteiger partial charge in [0.1, 0.15) is 0 Å². The lowest BCUT2D eigenvalue weighted by atomic mass is 10.1. The van der Waals surface area contributed by atoms with E-state index in [1.165, 1.54) is 11.3 Å². The molecule has 0 aliphatic rings. The van der Waals surface area contributed by atoms with Crippen molar-refractivity contribution in [3.63, 3.8) is 0 Å². The lowest BCUT2D eigenvalue weighted by Gasteiger charge is -2.12. The molecule has 1 amide bonds. The molecule has 0 radical (unpaired) electrons. The molecular weight excluding hydrogens is 258 g/mol. The van der Waals surface area contributed by atoms with E-state index < -0.39 is 11.7 Å². The number of carbonyl (C=O) groups is 2. The van der Waals surface area contributed by atoms with Crippen LogP contribution in [0.2, 0.25) is 0 Å². The van der Waals surface area contributed by atoms with Gasteiger partial charge in [-0.2, -0.15) is 0 Å². The van der Waals surface area contributed by atoms with Crippen molar-refractivity contribution < 1.29 is 9.59 Å². The molecule has 98 valence electrons. The van der Waals surface area contributed by atoms with Crippen LogP contribution in [-0.4, -0.2) is 11.7 Å². The molecule has 1 heterocycles. The number of nitrogens with one attached hydrogen (secondary N) is 1. The molecule has 19 heavy (non-hydrogen) atoms. The molecule has 0 atom stereocenters. The van der Waals surface area contributed by atoms with E-state index in [0.717, 1.165) is 23.2 Å². The lowest BCUT2D eigenvalue weighted by Crippen LogP contribution is -2.23. The summed E-state index contributed by atoms with van der Waals surface area (Å²) >= 11 is 1.27. The van der Waals surface area contributed by atoms with Gasteiger partial charge >= 0.3 is 0 Å². The van der Waals surface area contributed by atoms with Gasteiger partial charge in [-0.1, -0.05) is 31.2 Å². The maximum absolute atomic E-state index is 12.0. The first-order valence-corrected chi connectivity index (χ1v) is 6.99. The number of amides is 1. The van der Waals surface area contributed by atoms with Crippen LogP contribution in [0.1, 0.15) is 27.7 Å². The first-order chi connectivity index (χ1) is 9.13. The Bertz CT molecular complexity index is 603. The first kappa shape index (κ1) is 13.5. The van der Waals surface area contributed by atoms with Gasteiger partial charge in [0.25, 0.3) is 11.7 Å². The lowest BCUT2D eigenvalue weighted by molar-refractivity contribution is -0.112. The molecule has 1 N–H and O–H groups in total. The highest BCUT2D eigenvalue weighted by Gasteiger charge is 2.18. The topological polar surface area (TPSA) is 46.2 Å². The van der Waals surface area contributed by atoms with Crippen molar-refractivity contribution >= 4 is 28.7 Å². The summed E-state index contributed by atoms with van der Waals surface area (Å²) < 4.78 is 0. The molecule has 1 aromatic carbocycles. The number of carbonyl (C=O) groups excluding carboxylic acids is 2. The van der Waals surface area contributed by atoms with Gasteiger partial charge in [-0.3, -0.25) is 9.59 Å². The predicted molar refractivity (Wildman–Crippen MR) is 77.8 cm³/mol. The van der Waals surface area contributed by atoms with Crippen LogP contribution in [0.25, 0.3) is 0 Å². The third kappa shape index (κ3) is 2.90. The molecule has 0 unspecified atom stereocenters. The quantitative estimate of drug-likeness (QED) is 0.685. The standard InChI is InChI=1S/C15H15NO2S/c1-3-11-7-4-6-10(2)13(11)16-15(18)14(17)12-8-5-9-19-12/h4-9H,3H2,1-2H3,(H,16,18). The molecule has 0 saturated heterocycles. The summed E-state index contributed by atoms with van der Waals surface area (Å²) in [5.74, 6) is -1.06. The monoisotopic (exact) mass is 273 g/mol. The zero-order chi connectivity index (χ0) is 13.8. The normalized spacial score (nSPS) is 10.2. The summed E-state index contributed by atoms with van der Waals surface area (Å²) in [6, 6.07) is 9.25. The van der Waals surface area contributed by atoms with Gasteiger partial charge < -0.3 is 5.32 Å². The van der Waals surface area contributed by atoms with Gasteiger partial charge in [0.2, 0.25) is 0 Å². The van der Waals surface area contributed by atoms with Crippen LogP contribution in [-0.2, 0) is 11.2 Å². The Hall–Kier alpha value is -1.94. The molecule has 2 rings (SSSR count). The Morgan fingerprint density at radius 2 is 2.00 bits per heavy atom. The van der Waals surface area contributed by atoms with Gasteiger partial charge in [-0.05, 0) is 35.9 Å². The average Bonchev–Trinajstić information content (AvgIpc) is 2.94. The summed E-state index contributed by atoms with van der Waals surface area (Å²) in [5, 5.41) is 4.52. The number of thiophene rings is 1. The highest BCUT2D eigenvalue weighted by molar-refractivity contribution is 7.13. The second-order valence-corrected chi connectivity index (χ2v) is 5.17. The van der Waals surface area contributed by atoms with Crippen LogP contribution in [0.5, 0.6) is 0 Å². The highest BCUT2D eigenvalue weighted by Crippen LogP contribution is 2.21. The van der Waals surface area contributed by atoms with Crippen LogP contribution < -0.4 is 5.32 Å². The smallest absolute Gasteiger partial charge is 0.297 e. The van der Waals surface area contributed by atoms with Gasteiger partial charge in [0.15, 0.2) is 0 Å². The molecule has 3 nitrogen and oxygen atoms in total. The van der Waals surface area contributed by atoms with E-state index in [4.69, 9.17) is 0 Å². The molecule has 2 aromatic rings. The maximum atomic E-state index is 12.0. The van der Waals surface area contributed by atoms with E-state index >= 15 is 0 Å². The third-order valence-electron chi connectivity index (χ3n) is 2.93. The minimum atomic E-state index is -0.577. The summed E-state index contributed by atoms with van der Waals surface area (Å²) in [6.07, 6.45) is 0.810. The van der Waals surface area contributed by atoms with E-state index in [1.807, 2.05) is 32.0 Å². The molecule has 0 bridgehead atoms. The zero-order valence-electron chi connectivity index (χ0n) is 10.9. The van der Waals surface area contributed by atoms with Crippen molar-refractivity contribution in [1.82, 2.24) is 0 Å². The number of hydrogen-bond acceptors (Lipinski definition) is 3. The summed E-state index contributed by atoms with van der Waals surface area (Å²) in [7, 11) is 0. The largest absolute Gasteiger partial charge is 0.319 e. The zero-order valence-corrected chi connectivity index (χ0v) is 11.7. The maximum Gasteiger partial charge on any atom is 0.297 e. The Kier molecular flexibility index (Phi) is 4.12. The number of hydrogen-bond donors (Lipinski definition) is 1. The molecule has 1 aromatic heterocycles. The van der Waals surface area contributed by atoms with Crippen molar-refractivity contribution in [3.05, 3.63) is 51.7 Å². The van der Waals surface area contributed by atoms with Crippen LogP contribution in [0.15, 0.2) is 35.7 Å². The van der Waals surface area contributed by atoms with Crippen LogP contribution in [0.3, 0.4) is 0 Å². The number of rotatable bonds is 4. The fraction of sp³-hybridized carbons (Fsp3) is 0.200. The second-order valence-electron chi connectivity index (χ2n) is 4.22. The van der Waals surface area contributed by atoms with Crippen molar-refractivity contribution in [2.24, 2.45) is 0 Å². The molecular formula is C15H15NO2S. The van der Waals surface area contributed by atoms with E-state index in [0.29, 0.717) is 4.88 Å².